The maximum atomic E-state index is 14.6. The van der Waals surface area contributed by atoms with E-state index in [-0.39, 0.29) is 16.7 Å². The first-order chi connectivity index (χ1) is 13.2. The van der Waals surface area contributed by atoms with Gasteiger partial charge in [0.15, 0.2) is 11.8 Å². The predicted molar refractivity (Wildman–Crippen MR) is 98.6 cm³/mol. The smallest absolute Gasteiger partial charge is 0.254 e. The van der Waals surface area contributed by atoms with Gasteiger partial charge in [-0.1, -0.05) is 18.2 Å². The summed E-state index contributed by atoms with van der Waals surface area (Å²) >= 11 is 0. The molecule has 0 fully saturated rings. The van der Waals surface area contributed by atoms with Crippen molar-refractivity contribution in [2.45, 2.75) is 13.0 Å². The van der Waals surface area contributed by atoms with Gasteiger partial charge in [0.05, 0.1) is 0 Å². The van der Waals surface area contributed by atoms with Gasteiger partial charge in [-0.25, -0.2) is 8.78 Å². The third-order valence-corrected chi connectivity index (χ3v) is 4.29. The zero-order valence-electron chi connectivity index (χ0n) is 15.6. The van der Waals surface area contributed by atoms with E-state index in [1.54, 1.807) is 13.0 Å². The Labute approximate surface area is 160 Å². The van der Waals surface area contributed by atoms with E-state index in [4.69, 9.17) is 5.11 Å². The minimum Gasteiger partial charge on any atom is -0.388 e. The Bertz CT molecular complexity index is 914. The molecular weight excluding hydrogens is 370 g/mol. The van der Waals surface area contributed by atoms with Crippen LogP contribution in [-0.4, -0.2) is 54.3 Å². The Balaban J connectivity index is 2.37. The lowest BCUT2D eigenvalue weighted by molar-refractivity contribution is -0.135. The normalized spacial score (nSPS) is 11.6. The number of nitrogens with one attached hydrogen (secondary N) is 1. The van der Waals surface area contributed by atoms with E-state index in [1.807, 2.05) is 0 Å². The molecule has 0 radical (unpaired) electrons. The van der Waals surface area contributed by atoms with Crippen molar-refractivity contribution in [2.24, 2.45) is 0 Å². The lowest BCUT2D eigenvalue weighted by Crippen LogP contribution is -2.52. The van der Waals surface area contributed by atoms with Crippen LogP contribution in [-0.2, 0) is 9.59 Å². The zero-order valence-corrected chi connectivity index (χ0v) is 15.6. The van der Waals surface area contributed by atoms with Crippen LogP contribution in [0.15, 0.2) is 36.4 Å². The van der Waals surface area contributed by atoms with Crippen LogP contribution in [0.3, 0.4) is 0 Å². The zero-order chi connectivity index (χ0) is 21.0. The van der Waals surface area contributed by atoms with E-state index in [0.717, 1.165) is 11.0 Å². The number of aliphatic hydroxyl groups is 1. The van der Waals surface area contributed by atoms with Gasteiger partial charge in [0.25, 0.3) is 5.91 Å². The van der Waals surface area contributed by atoms with Crippen molar-refractivity contribution in [2.75, 3.05) is 20.7 Å². The Hall–Kier alpha value is -3.13. The van der Waals surface area contributed by atoms with Crippen molar-refractivity contribution in [3.8, 4) is 11.1 Å². The van der Waals surface area contributed by atoms with Crippen LogP contribution < -0.4 is 5.32 Å². The summed E-state index contributed by atoms with van der Waals surface area (Å²) in [5, 5.41) is 11.3. The molecule has 0 heterocycles. The highest BCUT2D eigenvalue weighted by Gasteiger charge is 2.33. The molecule has 6 nitrogen and oxygen atoms in total. The van der Waals surface area contributed by atoms with Gasteiger partial charge in [-0.05, 0) is 30.7 Å². The van der Waals surface area contributed by atoms with Gasteiger partial charge in [0, 0.05) is 30.8 Å². The number of hydrogen-bond donors (Lipinski definition) is 2. The number of carbonyl (C=O) groups excluding carboxylic acids is 3. The number of likely N-dealkylation sites (N-methyl/N-ethyl adjacent to an activating group) is 2. The first kappa shape index (κ1) is 21.2. The molecule has 2 N–H and O–H groups in total. The van der Waals surface area contributed by atoms with Crippen molar-refractivity contribution in [3.63, 3.8) is 0 Å². The molecule has 148 valence electrons. The van der Waals surface area contributed by atoms with Crippen LogP contribution in [0.4, 0.5) is 8.78 Å². The number of benzene rings is 2. The predicted octanol–water partition coefficient (Wildman–Crippen LogP) is 1.69. The Morgan fingerprint density at radius 1 is 1.07 bits per heavy atom. The van der Waals surface area contributed by atoms with Crippen molar-refractivity contribution < 1.29 is 28.3 Å². The number of amides is 2. The van der Waals surface area contributed by atoms with Crippen LogP contribution in [0.1, 0.15) is 15.9 Å². The molecule has 0 saturated heterocycles. The molecule has 0 spiro atoms. The van der Waals surface area contributed by atoms with Gasteiger partial charge in [-0.15, -0.1) is 0 Å². The van der Waals surface area contributed by atoms with Crippen molar-refractivity contribution in [1.29, 1.82) is 0 Å². The molecule has 1 unspecified atom stereocenters. The molecule has 8 heteroatoms. The number of hydrogen-bond acceptors (Lipinski definition) is 4. The minimum absolute atomic E-state index is 0.0222. The van der Waals surface area contributed by atoms with Gasteiger partial charge in [0.1, 0.15) is 18.2 Å². The molecular formula is C20H20F2N2O4. The Kier molecular flexibility index (Phi) is 6.58. The second-order valence-corrected chi connectivity index (χ2v) is 6.24. The average molecular weight is 390 g/mol. The van der Waals surface area contributed by atoms with Crippen LogP contribution in [0.5, 0.6) is 0 Å². The molecule has 0 bridgehead atoms. The largest absolute Gasteiger partial charge is 0.388 e. The summed E-state index contributed by atoms with van der Waals surface area (Å²) in [5.41, 5.74) is 0.583. The number of aliphatic hydroxyl groups excluding tert-OH is 1. The maximum Gasteiger partial charge on any atom is 0.254 e. The van der Waals surface area contributed by atoms with Crippen molar-refractivity contribution in [1.82, 2.24) is 10.2 Å². The van der Waals surface area contributed by atoms with Crippen LogP contribution in [0.2, 0.25) is 0 Å². The van der Waals surface area contributed by atoms with Crippen LogP contribution in [0, 0.1) is 18.6 Å². The summed E-state index contributed by atoms with van der Waals surface area (Å²) in [6.45, 7) is 0.771. The van der Waals surface area contributed by atoms with Gasteiger partial charge in [0.2, 0.25) is 5.91 Å². The van der Waals surface area contributed by atoms with Crippen LogP contribution >= 0.6 is 0 Å². The summed E-state index contributed by atoms with van der Waals surface area (Å²) in [7, 11) is 2.48. The summed E-state index contributed by atoms with van der Waals surface area (Å²) in [5.74, 6) is -3.89. The van der Waals surface area contributed by atoms with Crippen LogP contribution in [0.25, 0.3) is 11.1 Å². The number of nitrogens with zero attached hydrogens (tertiary/aromatic N) is 1. The Morgan fingerprint density at radius 2 is 1.64 bits per heavy atom. The monoisotopic (exact) mass is 390 g/mol. The lowest BCUT2D eigenvalue weighted by Gasteiger charge is -2.25. The molecule has 2 rings (SSSR count). The molecule has 0 aliphatic carbocycles. The maximum absolute atomic E-state index is 14.6. The lowest BCUT2D eigenvalue weighted by atomic mass is 10.0. The highest BCUT2D eigenvalue weighted by Crippen LogP contribution is 2.27. The van der Waals surface area contributed by atoms with Gasteiger partial charge in [-0.2, -0.15) is 0 Å². The molecule has 0 aliphatic heterocycles. The van der Waals surface area contributed by atoms with Crippen molar-refractivity contribution >= 4 is 17.6 Å². The van der Waals surface area contributed by atoms with E-state index in [9.17, 15) is 23.2 Å². The second-order valence-electron chi connectivity index (χ2n) is 6.24. The third-order valence-electron chi connectivity index (χ3n) is 4.29. The summed E-state index contributed by atoms with van der Waals surface area (Å²) in [6, 6.07) is 6.25. The number of Topliss-reactive ketones (excluding diaryl/α,β-unsaturated/α-hetero) is 1. The number of halogens is 2. The molecule has 0 saturated carbocycles. The third kappa shape index (κ3) is 4.23. The first-order valence-corrected chi connectivity index (χ1v) is 8.39. The summed E-state index contributed by atoms with van der Waals surface area (Å²) < 4.78 is 28.7. The van der Waals surface area contributed by atoms with Gasteiger partial charge in [-0.3, -0.25) is 14.4 Å². The Morgan fingerprint density at radius 3 is 2.14 bits per heavy atom. The fourth-order valence-corrected chi connectivity index (χ4v) is 2.79. The second kappa shape index (κ2) is 8.71. The molecule has 0 aliphatic rings. The van der Waals surface area contributed by atoms with Gasteiger partial charge < -0.3 is 15.3 Å². The molecule has 2 aromatic carbocycles. The molecule has 1 atom stereocenters. The van der Waals surface area contributed by atoms with E-state index >= 15 is 0 Å². The molecule has 28 heavy (non-hydrogen) atoms. The summed E-state index contributed by atoms with van der Waals surface area (Å²) in [4.78, 5) is 37.2. The SMILES string of the molecule is CNC(=O)C(C(=O)CO)N(C)C(=O)c1ccc(-c2ccc(C)cc2F)c(F)c1. The topological polar surface area (TPSA) is 86.7 Å². The van der Waals surface area contributed by atoms with E-state index in [2.05, 4.69) is 5.32 Å². The first-order valence-electron chi connectivity index (χ1n) is 8.39. The van der Waals surface area contributed by atoms with E-state index < -0.39 is 41.9 Å². The number of carbonyl (C=O) groups is 3. The summed E-state index contributed by atoms with van der Waals surface area (Å²) in [6.07, 6.45) is 0. The minimum atomic E-state index is -1.56. The fourth-order valence-electron chi connectivity index (χ4n) is 2.79. The highest BCUT2D eigenvalue weighted by atomic mass is 19.1. The number of aryl methyl sites for hydroxylation is 1. The van der Waals surface area contributed by atoms with Crippen molar-refractivity contribution in [3.05, 3.63) is 59.2 Å². The van der Waals surface area contributed by atoms with E-state index in [0.29, 0.717) is 5.56 Å². The fraction of sp³-hybridized carbons (Fsp3) is 0.250. The standard InChI is InChI=1S/C20H20F2N2O4/c1-11-4-6-13(15(21)8-11)14-7-5-12(9-16(14)22)20(28)24(3)18(17(26)10-25)19(27)23-2/h4-9,18,25H,10H2,1-3H3,(H,23,27). The van der Waals surface area contributed by atoms with Gasteiger partial charge >= 0.3 is 0 Å². The molecule has 0 aromatic heterocycles. The average Bonchev–Trinajstić information content (AvgIpc) is 2.67. The van der Waals surface area contributed by atoms with E-state index in [1.165, 1.54) is 38.4 Å². The quantitative estimate of drug-likeness (QED) is 0.735. The highest BCUT2D eigenvalue weighted by molar-refractivity contribution is 6.10. The molecule has 2 aromatic rings. The number of rotatable bonds is 6. The number of ketones is 1. The molecule has 2 amide bonds.